The fourth-order valence-electron chi connectivity index (χ4n) is 2.26. The Morgan fingerprint density at radius 3 is 2.25 bits per heavy atom. The van der Waals surface area contributed by atoms with Gasteiger partial charge >= 0.3 is 6.18 Å². The van der Waals surface area contributed by atoms with Crippen LogP contribution in [0.1, 0.15) is 5.56 Å². The Morgan fingerprint density at radius 2 is 1.67 bits per heavy atom. The van der Waals surface area contributed by atoms with E-state index in [1.807, 2.05) is 0 Å². The predicted octanol–water partition coefficient (Wildman–Crippen LogP) is 1.66. The minimum absolute atomic E-state index is 0.0181. The quantitative estimate of drug-likeness (QED) is 0.678. The number of aryl methyl sites for hydroxylation is 1. The lowest BCUT2D eigenvalue weighted by Gasteiger charge is -2.13. The first-order chi connectivity index (χ1) is 11.2. The third kappa shape index (κ3) is 2.57. The van der Waals surface area contributed by atoms with Gasteiger partial charge in [0.15, 0.2) is 11.5 Å². The van der Waals surface area contributed by atoms with Crippen LogP contribution in [0.3, 0.4) is 0 Å². The number of hydrogen-bond acceptors (Lipinski definition) is 4. The Bertz CT molecular complexity index is 1000. The molecule has 0 aromatic heterocycles. The number of fused-ring (bicyclic) bond motifs is 1. The molecule has 9 heteroatoms. The smallest absolute Gasteiger partial charge is 0.277 e. The van der Waals surface area contributed by atoms with Gasteiger partial charge < -0.3 is 0 Å². The summed E-state index contributed by atoms with van der Waals surface area (Å²) < 4.78 is 40.1. The first-order valence-electron chi connectivity index (χ1n) is 6.81. The van der Waals surface area contributed by atoms with Gasteiger partial charge in [-0.25, -0.2) is 4.98 Å². The highest BCUT2D eigenvalue weighted by Crippen LogP contribution is 2.30. The van der Waals surface area contributed by atoms with Crippen LogP contribution in [0.15, 0.2) is 39.9 Å². The largest absolute Gasteiger partial charge is 0.416 e. The number of pyridine rings is 1. The van der Waals surface area contributed by atoms with Crippen molar-refractivity contribution < 1.29 is 13.2 Å². The Morgan fingerprint density at radius 1 is 1.04 bits per heavy atom. The minimum Gasteiger partial charge on any atom is -0.277 e. The van der Waals surface area contributed by atoms with Gasteiger partial charge in [-0.2, -0.15) is 18.3 Å². The van der Waals surface area contributed by atoms with Crippen LogP contribution in [-0.2, 0) is 20.3 Å². The number of hydrogen-bond donors (Lipinski definition) is 0. The van der Waals surface area contributed by atoms with Gasteiger partial charge in [0.1, 0.15) is 0 Å². The molecule has 0 aliphatic carbocycles. The monoisotopic (exact) mass is 336 g/mol. The lowest BCUT2D eigenvalue weighted by atomic mass is 10.1. The molecule has 2 heterocycles. The van der Waals surface area contributed by atoms with E-state index < -0.39 is 22.9 Å². The van der Waals surface area contributed by atoms with E-state index in [-0.39, 0.29) is 17.2 Å². The van der Waals surface area contributed by atoms with Crippen molar-refractivity contribution >= 4 is 0 Å². The lowest BCUT2D eigenvalue weighted by molar-refractivity contribution is -0.137. The first-order valence-corrected chi connectivity index (χ1v) is 6.81. The predicted molar refractivity (Wildman–Crippen MR) is 79.6 cm³/mol. The number of rotatable bonds is 1. The van der Waals surface area contributed by atoms with Crippen molar-refractivity contribution in [2.45, 2.75) is 6.18 Å². The Balaban J connectivity index is 2.20. The fourth-order valence-corrected chi connectivity index (χ4v) is 2.26. The summed E-state index contributed by atoms with van der Waals surface area (Å²) in [6.45, 7) is 0. The van der Waals surface area contributed by atoms with Gasteiger partial charge in [0, 0.05) is 25.7 Å². The molecular formula is C15H11F3N4O2. The van der Waals surface area contributed by atoms with Gasteiger partial charge in [-0.05, 0) is 12.1 Å². The summed E-state index contributed by atoms with van der Waals surface area (Å²) in [7, 11) is 2.85. The Labute approximate surface area is 133 Å². The molecule has 0 unspecified atom stereocenters. The maximum absolute atomic E-state index is 12.6. The zero-order valence-corrected chi connectivity index (χ0v) is 12.6. The topological polar surface area (TPSA) is 69.8 Å². The Hall–Kier alpha value is -2.97. The SMILES string of the molecule is Cn1nc(-c2ccc(C(F)(F)F)cc2)nc2c(=O)n(C)c(=O)cc1-2. The van der Waals surface area contributed by atoms with E-state index in [1.165, 1.54) is 37.0 Å². The molecule has 0 spiro atoms. The van der Waals surface area contributed by atoms with Crippen LogP contribution < -0.4 is 11.1 Å². The van der Waals surface area contributed by atoms with Crippen molar-refractivity contribution in [2.75, 3.05) is 0 Å². The van der Waals surface area contributed by atoms with E-state index in [1.54, 1.807) is 0 Å². The van der Waals surface area contributed by atoms with E-state index in [2.05, 4.69) is 10.1 Å². The molecule has 2 aliphatic rings. The molecule has 3 rings (SSSR count). The molecule has 2 aliphatic heterocycles. The third-order valence-corrected chi connectivity index (χ3v) is 3.62. The molecule has 0 radical (unpaired) electrons. The van der Waals surface area contributed by atoms with Crippen LogP contribution >= 0.6 is 0 Å². The molecule has 6 nitrogen and oxygen atoms in total. The van der Waals surface area contributed by atoms with Crippen LogP contribution in [-0.4, -0.2) is 19.3 Å². The van der Waals surface area contributed by atoms with E-state index in [0.29, 0.717) is 5.56 Å². The molecule has 0 N–H and O–H groups in total. The maximum Gasteiger partial charge on any atom is 0.416 e. The van der Waals surface area contributed by atoms with Gasteiger partial charge in [-0.15, -0.1) is 0 Å². The fraction of sp³-hybridized carbons (Fsp3) is 0.200. The van der Waals surface area contributed by atoms with Gasteiger partial charge in [0.25, 0.3) is 11.1 Å². The molecule has 0 saturated carbocycles. The molecule has 0 atom stereocenters. The van der Waals surface area contributed by atoms with Gasteiger partial charge in [0.05, 0.1) is 11.3 Å². The molecule has 0 saturated heterocycles. The second-order valence-electron chi connectivity index (χ2n) is 5.21. The summed E-state index contributed by atoms with van der Waals surface area (Å²) in [5, 5.41) is 4.11. The molecule has 0 bridgehead atoms. The second kappa shape index (κ2) is 5.29. The lowest BCUT2D eigenvalue weighted by Crippen LogP contribution is -2.33. The summed E-state index contributed by atoms with van der Waals surface area (Å²) >= 11 is 0. The van der Waals surface area contributed by atoms with Crippen LogP contribution in [0.4, 0.5) is 13.2 Å². The molecule has 124 valence electrons. The number of nitrogens with zero attached hydrogens (tertiary/aromatic N) is 4. The van der Waals surface area contributed by atoms with E-state index in [9.17, 15) is 22.8 Å². The number of aromatic nitrogens is 4. The van der Waals surface area contributed by atoms with Gasteiger partial charge in [-0.3, -0.25) is 18.8 Å². The van der Waals surface area contributed by atoms with Crippen molar-refractivity contribution in [1.82, 2.24) is 19.3 Å². The highest BCUT2D eigenvalue weighted by molar-refractivity contribution is 5.61. The zero-order chi connectivity index (χ0) is 17.6. The Kier molecular flexibility index (Phi) is 3.51. The van der Waals surface area contributed by atoms with Gasteiger partial charge in [0.2, 0.25) is 0 Å². The van der Waals surface area contributed by atoms with Crippen molar-refractivity contribution in [3.05, 3.63) is 56.6 Å². The van der Waals surface area contributed by atoms with E-state index >= 15 is 0 Å². The zero-order valence-electron chi connectivity index (χ0n) is 12.6. The molecule has 1 aromatic rings. The van der Waals surface area contributed by atoms with E-state index in [4.69, 9.17) is 0 Å². The van der Waals surface area contributed by atoms with Crippen molar-refractivity contribution in [3.8, 4) is 22.8 Å². The van der Waals surface area contributed by atoms with Crippen molar-refractivity contribution in [1.29, 1.82) is 0 Å². The van der Waals surface area contributed by atoms with Crippen molar-refractivity contribution in [3.63, 3.8) is 0 Å². The highest BCUT2D eigenvalue weighted by atomic mass is 19.4. The van der Waals surface area contributed by atoms with Crippen molar-refractivity contribution in [2.24, 2.45) is 14.1 Å². The number of halogens is 3. The number of alkyl halides is 3. The average molecular weight is 336 g/mol. The molecule has 0 fully saturated rings. The number of benzene rings is 1. The standard InChI is InChI=1S/C15H11F3N4O2/c1-21-11(23)7-10-12(14(21)24)19-13(20-22(10)2)8-3-5-9(6-4-8)15(16,17)18/h3-7H,1-2H3. The molecule has 0 amide bonds. The van der Waals surface area contributed by atoms with Crippen LogP contribution in [0.5, 0.6) is 0 Å². The molecule has 1 aromatic carbocycles. The third-order valence-electron chi connectivity index (χ3n) is 3.62. The molecular weight excluding hydrogens is 325 g/mol. The second-order valence-corrected chi connectivity index (χ2v) is 5.21. The average Bonchev–Trinajstić information content (AvgIpc) is 2.53. The van der Waals surface area contributed by atoms with Crippen LogP contribution in [0, 0.1) is 0 Å². The van der Waals surface area contributed by atoms with Gasteiger partial charge in [-0.1, -0.05) is 12.1 Å². The summed E-state index contributed by atoms with van der Waals surface area (Å²) in [6.07, 6.45) is -4.44. The first kappa shape index (κ1) is 15.9. The normalized spacial score (nSPS) is 11.9. The summed E-state index contributed by atoms with van der Waals surface area (Å²) in [4.78, 5) is 28.0. The maximum atomic E-state index is 12.6. The summed E-state index contributed by atoms with van der Waals surface area (Å²) in [5.41, 5.74) is -1.28. The van der Waals surface area contributed by atoms with E-state index in [0.717, 1.165) is 16.7 Å². The molecule has 24 heavy (non-hydrogen) atoms. The van der Waals surface area contributed by atoms with Crippen LogP contribution in [0.25, 0.3) is 22.8 Å². The van der Waals surface area contributed by atoms with Crippen LogP contribution in [0.2, 0.25) is 0 Å². The highest BCUT2D eigenvalue weighted by Gasteiger charge is 2.30. The summed E-state index contributed by atoms with van der Waals surface area (Å²) in [6, 6.07) is 5.53. The minimum atomic E-state index is -4.44. The summed E-state index contributed by atoms with van der Waals surface area (Å²) in [5.74, 6) is 0.0921.